The molecule has 0 saturated carbocycles. The number of carbonyl (C=O) groups excluding carboxylic acids is 1. The lowest BCUT2D eigenvalue weighted by atomic mass is 9.86. The molecule has 26 heavy (non-hydrogen) atoms. The Morgan fingerprint density at radius 2 is 1.46 bits per heavy atom. The van der Waals surface area contributed by atoms with Gasteiger partial charge in [-0.15, -0.1) is 0 Å². The average Bonchev–Trinajstić information content (AvgIpc) is 2.62. The quantitative estimate of drug-likeness (QED) is 0.672. The summed E-state index contributed by atoms with van der Waals surface area (Å²) in [5.74, 6) is 2.36. The van der Waals surface area contributed by atoms with E-state index in [9.17, 15) is 4.79 Å². The van der Waals surface area contributed by atoms with Gasteiger partial charge in [-0.3, -0.25) is 4.79 Å². The molecule has 2 aromatic carbocycles. The molecule has 1 unspecified atom stereocenters. The summed E-state index contributed by atoms with van der Waals surface area (Å²) in [5, 5.41) is 0.0708. The van der Waals surface area contributed by atoms with Crippen molar-refractivity contribution in [3.63, 3.8) is 0 Å². The van der Waals surface area contributed by atoms with E-state index < -0.39 is 10.0 Å². The smallest absolute Gasteiger partial charge is 0.174 e. The standard InChI is InChI=1S/C23H30O2S/c1-23(2,3)22(26(4)16-14-25-15-17-26)21(24)20-12-10-19(11-13-20)18-8-6-5-7-9-18/h5-13,22H,14-17H2,1-4H3. The van der Waals surface area contributed by atoms with Gasteiger partial charge in [0.05, 0.1) is 18.5 Å². The molecule has 2 nitrogen and oxygen atoms in total. The normalized spacial score (nSPS) is 19.5. The number of carbonyl (C=O) groups is 1. The van der Waals surface area contributed by atoms with E-state index in [1.54, 1.807) is 0 Å². The van der Waals surface area contributed by atoms with Crippen LogP contribution in [0.2, 0.25) is 0 Å². The summed E-state index contributed by atoms with van der Waals surface area (Å²) in [6.45, 7) is 8.21. The molecule has 1 aliphatic heterocycles. The Kier molecular flexibility index (Phi) is 5.59. The van der Waals surface area contributed by atoms with Crippen molar-refractivity contribution in [3.05, 3.63) is 60.2 Å². The molecule has 1 aliphatic rings. The van der Waals surface area contributed by atoms with Gasteiger partial charge in [0.2, 0.25) is 0 Å². The van der Waals surface area contributed by atoms with Crippen LogP contribution in [0.25, 0.3) is 11.1 Å². The molecule has 2 aromatic rings. The maximum Gasteiger partial charge on any atom is 0.174 e. The number of hydrogen-bond donors (Lipinski definition) is 0. The third-order valence-corrected chi connectivity index (χ3v) is 9.52. The summed E-state index contributed by atoms with van der Waals surface area (Å²) in [7, 11) is -1.02. The zero-order valence-corrected chi connectivity index (χ0v) is 17.1. The predicted molar refractivity (Wildman–Crippen MR) is 114 cm³/mol. The van der Waals surface area contributed by atoms with Crippen molar-refractivity contribution >= 4 is 15.8 Å². The molecule has 3 rings (SSSR count). The van der Waals surface area contributed by atoms with E-state index in [-0.39, 0.29) is 10.7 Å². The van der Waals surface area contributed by atoms with Gasteiger partial charge in [0.25, 0.3) is 0 Å². The van der Waals surface area contributed by atoms with E-state index in [1.807, 2.05) is 30.3 Å². The third-order valence-electron chi connectivity index (χ3n) is 5.26. The van der Waals surface area contributed by atoms with Crippen molar-refractivity contribution in [1.82, 2.24) is 0 Å². The summed E-state index contributed by atoms with van der Waals surface area (Å²) in [4.78, 5) is 13.5. The Bertz CT molecular complexity index is 738. The minimum absolute atomic E-state index is 0.0450. The van der Waals surface area contributed by atoms with Gasteiger partial charge in [0, 0.05) is 17.1 Å². The zero-order chi connectivity index (χ0) is 18.8. The predicted octanol–water partition coefficient (Wildman–Crippen LogP) is 5.42. The summed E-state index contributed by atoms with van der Waals surface area (Å²) >= 11 is 0. The second-order valence-corrected chi connectivity index (χ2v) is 12.4. The number of benzene rings is 2. The van der Waals surface area contributed by atoms with Gasteiger partial charge in [-0.2, -0.15) is 0 Å². The topological polar surface area (TPSA) is 26.3 Å². The van der Waals surface area contributed by atoms with E-state index in [2.05, 4.69) is 51.3 Å². The summed E-state index contributed by atoms with van der Waals surface area (Å²) < 4.78 is 5.59. The first-order valence-corrected chi connectivity index (χ1v) is 11.8. The van der Waals surface area contributed by atoms with Crippen molar-refractivity contribution < 1.29 is 9.53 Å². The van der Waals surface area contributed by atoms with Gasteiger partial charge in [0.15, 0.2) is 5.78 Å². The fourth-order valence-corrected chi connectivity index (χ4v) is 8.09. The lowest BCUT2D eigenvalue weighted by Gasteiger charge is -2.50. The molecular formula is C23H30O2S. The van der Waals surface area contributed by atoms with Gasteiger partial charge in [-0.05, 0) is 22.8 Å². The zero-order valence-electron chi connectivity index (χ0n) is 16.3. The van der Waals surface area contributed by atoms with Gasteiger partial charge < -0.3 is 4.74 Å². The van der Waals surface area contributed by atoms with Gasteiger partial charge in [-0.1, -0.05) is 75.4 Å². The van der Waals surface area contributed by atoms with E-state index in [0.29, 0.717) is 5.78 Å². The molecule has 0 radical (unpaired) electrons. The lowest BCUT2D eigenvalue weighted by molar-refractivity contribution is 0.0945. The molecule has 140 valence electrons. The van der Waals surface area contributed by atoms with Crippen molar-refractivity contribution in [1.29, 1.82) is 0 Å². The van der Waals surface area contributed by atoms with Crippen LogP contribution in [-0.4, -0.2) is 42.0 Å². The molecule has 3 heteroatoms. The molecular weight excluding hydrogens is 340 g/mol. The van der Waals surface area contributed by atoms with Crippen LogP contribution >= 0.6 is 10.0 Å². The monoisotopic (exact) mass is 370 g/mol. The van der Waals surface area contributed by atoms with Crippen LogP contribution < -0.4 is 0 Å². The number of Topliss-reactive ketones (excluding diaryl/α,β-unsaturated/α-hetero) is 1. The highest BCUT2D eigenvalue weighted by atomic mass is 32.3. The Balaban J connectivity index is 1.90. The molecule has 1 fully saturated rings. The van der Waals surface area contributed by atoms with Crippen LogP contribution in [0.15, 0.2) is 54.6 Å². The number of rotatable bonds is 4. The number of ether oxygens (including phenoxy) is 1. The summed E-state index contributed by atoms with van der Waals surface area (Å²) in [5.41, 5.74) is 3.13. The fraction of sp³-hybridized carbons (Fsp3) is 0.435. The highest BCUT2D eigenvalue weighted by Gasteiger charge is 2.43. The summed E-state index contributed by atoms with van der Waals surface area (Å²) in [6.07, 6.45) is 2.35. The van der Waals surface area contributed by atoms with Gasteiger partial charge in [-0.25, -0.2) is 10.0 Å². The second-order valence-electron chi connectivity index (χ2n) is 8.42. The highest BCUT2D eigenvalue weighted by molar-refractivity contribution is 8.34. The van der Waals surface area contributed by atoms with Crippen LogP contribution in [-0.2, 0) is 4.74 Å². The molecule has 0 spiro atoms. The first kappa shape index (κ1) is 19.2. The first-order valence-electron chi connectivity index (χ1n) is 9.31. The Labute approximate surface area is 159 Å². The Morgan fingerprint density at radius 3 is 2.00 bits per heavy atom. The molecule has 0 bridgehead atoms. The number of hydrogen-bond acceptors (Lipinski definition) is 2. The fourth-order valence-electron chi connectivity index (χ4n) is 4.05. The lowest BCUT2D eigenvalue weighted by Crippen LogP contribution is -2.43. The molecule has 0 amide bonds. The second kappa shape index (κ2) is 7.58. The van der Waals surface area contributed by atoms with Crippen molar-refractivity contribution in [2.45, 2.75) is 26.0 Å². The maximum atomic E-state index is 13.5. The SMILES string of the molecule is CC(C)(C)C(C(=O)c1ccc(-c2ccccc2)cc1)S1(C)CCOCC1. The van der Waals surface area contributed by atoms with Crippen LogP contribution in [0.4, 0.5) is 0 Å². The minimum atomic E-state index is -1.02. The van der Waals surface area contributed by atoms with Crippen LogP contribution in [0.3, 0.4) is 0 Å². The van der Waals surface area contributed by atoms with Crippen molar-refractivity contribution in [2.75, 3.05) is 31.0 Å². The van der Waals surface area contributed by atoms with E-state index in [4.69, 9.17) is 4.74 Å². The summed E-state index contributed by atoms with van der Waals surface area (Å²) in [6, 6.07) is 18.5. The van der Waals surface area contributed by atoms with E-state index in [0.717, 1.165) is 35.8 Å². The molecule has 0 aromatic heterocycles. The van der Waals surface area contributed by atoms with Crippen LogP contribution in [0.1, 0.15) is 31.1 Å². The van der Waals surface area contributed by atoms with Crippen molar-refractivity contribution in [2.24, 2.45) is 5.41 Å². The van der Waals surface area contributed by atoms with Crippen LogP contribution in [0.5, 0.6) is 0 Å². The highest BCUT2D eigenvalue weighted by Crippen LogP contribution is 2.57. The minimum Gasteiger partial charge on any atom is -0.380 e. The molecule has 1 saturated heterocycles. The number of ketones is 1. The van der Waals surface area contributed by atoms with E-state index >= 15 is 0 Å². The maximum absolute atomic E-state index is 13.5. The molecule has 0 aliphatic carbocycles. The van der Waals surface area contributed by atoms with Gasteiger partial charge in [0.1, 0.15) is 0 Å². The molecule has 1 heterocycles. The molecule has 1 atom stereocenters. The van der Waals surface area contributed by atoms with E-state index in [1.165, 1.54) is 5.56 Å². The van der Waals surface area contributed by atoms with Crippen molar-refractivity contribution in [3.8, 4) is 11.1 Å². The third kappa shape index (κ3) is 4.05. The van der Waals surface area contributed by atoms with Gasteiger partial charge >= 0.3 is 0 Å². The Hall–Kier alpha value is -1.58. The van der Waals surface area contributed by atoms with Crippen LogP contribution in [0, 0.1) is 5.41 Å². The Morgan fingerprint density at radius 1 is 0.923 bits per heavy atom. The largest absolute Gasteiger partial charge is 0.380 e. The first-order chi connectivity index (χ1) is 12.3. The average molecular weight is 371 g/mol. The molecule has 0 N–H and O–H groups in total.